The summed E-state index contributed by atoms with van der Waals surface area (Å²) in [5.74, 6) is -1.83. The molecular weight excluding hydrogens is 823 g/mol. The van der Waals surface area contributed by atoms with Crippen molar-refractivity contribution < 1.29 is 38.2 Å². The maximum absolute atomic E-state index is 12.8. The summed E-state index contributed by atoms with van der Waals surface area (Å²) in [6, 6.07) is -0.748. The lowest BCUT2D eigenvalue weighted by molar-refractivity contribution is -0.889. The number of hydrogen-bond acceptors (Lipinski definition) is 7. The van der Waals surface area contributed by atoms with Crippen molar-refractivity contribution in [1.82, 2.24) is 0 Å². The van der Waals surface area contributed by atoms with Gasteiger partial charge in [0.1, 0.15) is 12.6 Å². The van der Waals surface area contributed by atoms with Crippen LogP contribution < -0.4 is 5.11 Å². The molecule has 0 saturated heterocycles. The largest absolute Gasteiger partial charge is 0.544 e. The lowest BCUT2D eigenvalue weighted by Gasteiger charge is -2.34. The van der Waals surface area contributed by atoms with Gasteiger partial charge < -0.3 is 28.6 Å². The van der Waals surface area contributed by atoms with Crippen LogP contribution in [-0.4, -0.2) is 75.5 Å². The zero-order chi connectivity index (χ0) is 48.4. The number of carboxylic acid groups (broad SMARTS) is 1. The highest BCUT2D eigenvalue weighted by Crippen LogP contribution is 2.13. The van der Waals surface area contributed by atoms with Gasteiger partial charge in [0.05, 0.1) is 40.3 Å². The first-order chi connectivity index (χ1) is 32.1. The lowest BCUT2D eigenvalue weighted by Crippen LogP contribution is -2.55. The van der Waals surface area contributed by atoms with E-state index in [1.807, 2.05) is 72.9 Å². The van der Waals surface area contributed by atoms with Gasteiger partial charge >= 0.3 is 11.9 Å². The number of nitrogens with zero attached hydrogens (tertiary/aromatic N) is 1. The van der Waals surface area contributed by atoms with Gasteiger partial charge in [0.2, 0.25) is 0 Å². The van der Waals surface area contributed by atoms with Gasteiger partial charge in [-0.2, -0.15) is 0 Å². The Morgan fingerprint density at radius 1 is 0.470 bits per heavy atom. The van der Waals surface area contributed by atoms with Crippen LogP contribution in [0.3, 0.4) is 0 Å². The predicted molar refractivity (Wildman–Crippen MR) is 276 cm³/mol. The first-order valence-electron chi connectivity index (χ1n) is 25.0. The number of esters is 2. The van der Waals surface area contributed by atoms with Crippen LogP contribution in [0.4, 0.5) is 0 Å². The number of quaternary nitrogens is 1. The van der Waals surface area contributed by atoms with E-state index in [9.17, 15) is 19.5 Å². The van der Waals surface area contributed by atoms with E-state index < -0.39 is 18.1 Å². The van der Waals surface area contributed by atoms with Gasteiger partial charge in [0, 0.05) is 19.3 Å². The van der Waals surface area contributed by atoms with Crippen LogP contribution in [0, 0.1) is 0 Å². The molecule has 368 valence electrons. The molecule has 0 aromatic carbocycles. The van der Waals surface area contributed by atoms with Gasteiger partial charge in [-0.15, -0.1) is 0 Å². The molecular formula is C58H89NO7. The van der Waals surface area contributed by atoms with Gasteiger partial charge in [-0.1, -0.05) is 198 Å². The number of carbonyl (C=O) groups is 3. The van der Waals surface area contributed by atoms with Crippen LogP contribution in [-0.2, 0) is 28.6 Å². The zero-order valence-electron chi connectivity index (χ0n) is 41.8. The summed E-state index contributed by atoms with van der Waals surface area (Å²) in [6.45, 7) is 4.31. The number of carbonyl (C=O) groups excluding carboxylic acids is 3. The highest BCUT2D eigenvalue weighted by molar-refractivity contribution is 5.70. The topological polar surface area (TPSA) is 102 Å². The van der Waals surface area contributed by atoms with E-state index in [2.05, 4.69) is 86.8 Å². The van der Waals surface area contributed by atoms with Gasteiger partial charge in [-0.05, 0) is 77.0 Å². The number of likely N-dealkylation sites (N-methyl/N-ethyl adjacent to an activating group) is 1. The van der Waals surface area contributed by atoms with E-state index in [4.69, 9.17) is 14.2 Å². The third kappa shape index (κ3) is 44.4. The van der Waals surface area contributed by atoms with E-state index in [1.54, 1.807) is 21.1 Å². The van der Waals surface area contributed by atoms with Crippen molar-refractivity contribution in [2.24, 2.45) is 0 Å². The Balaban J connectivity index is 4.42. The summed E-state index contributed by atoms with van der Waals surface area (Å²) < 4.78 is 17.2. The van der Waals surface area contributed by atoms with Crippen molar-refractivity contribution in [3.63, 3.8) is 0 Å². The highest BCUT2D eigenvalue weighted by Gasteiger charge is 2.25. The Morgan fingerprint density at radius 2 is 0.879 bits per heavy atom. The molecule has 0 spiro atoms. The molecule has 0 radical (unpaired) electrons. The molecule has 0 aromatic rings. The van der Waals surface area contributed by atoms with Gasteiger partial charge in [0.25, 0.3) is 0 Å². The molecule has 8 heteroatoms. The molecule has 0 aliphatic rings. The fourth-order valence-electron chi connectivity index (χ4n) is 6.37. The van der Waals surface area contributed by atoms with E-state index in [0.29, 0.717) is 12.8 Å². The first kappa shape index (κ1) is 61.2. The van der Waals surface area contributed by atoms with Gasteiger partial charge in [0.15, 0.2) is 6.10 Å². The number of aliphatic carboxylic acids is 1. The number of carboxylic acids is 1. The van der Waals surface area contributed by atoms with Crippen molar-refractivity contribution >= 4 is 17.9 Å². The maximum atomic E-state index is 12.8. The Morgan fingerprint density at radius 3 is 1.38 bits per heavy atom. The molecule has 0 fully saturated rings. The SMILES string of the molecule is CC/C=C/C=C/C=C/C=C/C=C/C=C/C=C/CCCCCC(=O)OC(COCCC(C(=O)[O-])[N+](C)(C)C)COC(=O)CCCCCCCCC/C=C/C/C=C/C/C=C/C/C=C/C/C=C/CC. The highest BCUT2D eigenvalue weighted by atomic mass is 16.6. The second kappa shape index (κ2) is 46.7. The van der Waals surface area contributed by atoms with Crippen LogP contribution in [0.25, 0.3) is 0 Å². The second-order valence-corrected chi connectivity index (χ2v) is 17.1. The maximum Gasteiger partial charge on any atom is 0.306 e. The molecule has 2 unspecified atom stereocenters. The predicted octanol–water partition coefficient (Wildman–Crippen LogP) is 13.2. The van der Waals surface area contributed by atoms with Crippen molar-refractivity contribution in [1.29, 1.82) is 0 Å². The van der Waals surface area contributed by atoms with Gasteiger partial charge in [-0.3, -0.25) is 9.59 Å². The van der Waals surface area contributed by atoms with E-state index in [0.717, 1.165) is 89.9 Å². The second-order valence-electron chi connectivity index (χ2n) is 17.1. The monoisotopic (exact) mass is 912 g/mol. The normalized spacial score (nSPS) is 14.1. The van der Waals surface area contributed by atoms with Crippen LogP contribution in [0.15, 0.2) is 146 Å². The van der Waals surface area contributed by atoms with Gasteiger partial charge in [-0.25, -0.2) is 0 Å². The van der Waals surface area contributed by atoms with Crippen molar-refractivity contribution in [3.8, 4) is 0 Å². The molecule has 0 bridgehead atoms. The number of rotatable bonds is 42. The number of allylic oxidation sites excluding steroid dienone is 24. The quantitative estimate of drug-likeness (QED) is 0.0198. The molecule has 0 heterocycles. The lowest BCUT2D eigenvalue weighted by atomic mass is 10.1. The number of ether oxygens (including phenoxy) is 3. The molecule has 0 saturated carbocycles. The zero-order valence-corrected chi connectivity index (χ0v) is 41.8. The average Bonchev–Trinajstić information content (AvgIpc) is 3.28. The fraction of sp³-hybridized carbons (Fsp3) is 0.534. The average molecular weight is 912 g/mol. The minimum absolute atomic E-state index is 0.00659. The molecule has 0 N–H and O–H groups in total. The van der Waals surface area contributed by atoms with Crippen LogP contribution in [0.1, 0.15) is 149 Å². The summed E-state index contributed by atoms with van der Waals surface area (Å²) in [7, 11) is 5.37. The fourth-order valence-corrected chi connectivity index (χ4v) is 6.37. The van der Waals surface area contributed by atoms with Crippen LogP contribution in [0.5, 0.6) is 0 Å². The summed E-state index contributed by atoms with van der Waals surface area (Å²) in [5, 5.41) is 11.7. The minimum Gasteiger partial charge on any atom is -0.544 e. The van der Waals surface area contributed by atoms with Crippen molar-refractivity contribution in [3.05, 3.63) is 146 Å². The number of unbranched alkanes of at least 4 members (excludes halogenated alkanes) is 10. The molecule has 0 amide bonds. The van der Waals surface area contributed by atoms with E-state index in [-0.39, 0.29) is 49.1 Å². The smallest absolute Gasteiger partial charge is 0.306 e. The molecule has 66 heavy (non-hydrogen) atoms. The first-order valence-corrected chi connectivity index (χ1v) is 25.0. The Kier molecular flexibility index (Phi) is 43.3. The molecule has 0 aliphatic carbocycles. The standard InChI is InChI=1S/C58H89NO7/c1-6-8-10-12-14-16-18-20-22-24-26-27-28-29-31-32-34-36-38-40-42-44-46-48-56(60)65-53-54(52-64-51-50-55(58(62)63)59(3,4)5)66-57(61)49-47-45-43-41-39-37-35-33-30-25-23-21-19-17-15-13-11-9-7-2/h8-11,13-17,19-23,25-27,29-31,33,35,37,39,54-55H,6-7,12,18,24,28,32,34,36,38,40-53H2,1-5H3/b10-8+,11-9+,15-13+,16-14+,19-17+,22-20+,23-21+,27-26+,30-25+,31-29+,35-33+,39-37+. The van der Waals surface area contributed by atoms with E-state index in [1.165, 1.54) is 19.3 Å². The molecule has 0 aromatic heterocycles. The van der Waals surface area contributed by atoms with E-state index >= 15 is 0 Å². The number of hydrogen-bond donors (Lipinski definition) is 0. The summed E-state index contributed by atoms with van der Waals surface area (Å²) >= 11 is 0. The third-order valence-corrected chi connectivity index (χ3v) is 10.2. The Hall–Kier alpha value is -4.79. The molecule has 0 aliphatic heterocycles. The summed E-state index contributed by atoms with van der Waals surface area (Å²) in [6.07, 6.45) is 68.7. The Bertz CT molecular complexity index is 1580. The van der Waals surface area contributed by atoms with Crippen molar-refractivity contribution in [2.45, 2.75) is 161 Å². The molecule has 8 nitrogen and oxygen atoms in total. The van der Waals surface area contributed by atoms with Crippen molar-refractivity contribution in [2.75, 3.05) is 41.0 Å². The summed E-state index contributed by atoms with van der Waals surface area (Å²) in [4.78, 5) is 37.0. The molecule has 0 rings (SSSR count). The summed E-state index contributed by atoms with van der Waals surface area (Å²) in [5.41, 5.74) is 0. The third-order valence-electron chi connectivity index (χ3n) is 10.2. The Labute approximate surface area is 402 Å². The van der Waals surface area contributed by atoms with Crippen LogP contribution in [0.2, 0.25) is 0 Å². The minimum atomic E-state index is -1.14. The molecule has 2 atom stereocenters. The van der Waals surface area contributed by atoms with Crippen LogP contribution >= 0.6 is 0 Å².